The van der Waals surface area contributed by atoms with Crippen LogP contribution in [0.3, 0.4) is 0 Å². The first-order valence-electron chi connectivity index (χ1n) is 11.6. The molecule has 1 nitrogen and oxygen atoms in total. The van der Waals surface area contributed by atoms with E-state index in [2.05, 4.69) is 112 Å². The van der Waals surface area contributed by atoms with Crippen molar-refractivity contribution in [3.05, 3.63) is 74.9 Å². The third-order valence-corrected chi connectivity index (χ3v) is 10.7. The van der Waals surface area contributed by atoms with Gasteiger partial charge in [-0.25, -0.2) is 0 Å². The Bertz CT molecular complexity index is 713. The number of allylic oxidation sites excluding steroid dienone is 8. The molecule has 1 saturated carbocycles. The first-order valence-corrected chi connectivity index (χ1v) is 14.6. The Morgan fingerprint density at radius 3 is 1.24 bits per heavy atom. The average molecular weight is 504 g/mol. The number of rotatable bonds is 2. The molecule has 0 saturated heterocycles. The summed E-state index contributed by atoms with van der Waals surface area (Å²) in [6.07, 6.45) is 15.3. The van der Waals surface area contributed by atoms with Crippen molar-refractivity contribution in [3.8, 4) is 0 Å². The smallest absolute Gasteiger partial charge is 0.660 e. The molecule has 3 heteroatoms. The minimum absolute atomic E-state index is 0. The van der Waals surface area contributed by atoms with Gasteiger partial charge in [-0.05, 0) is 45.6 Å². The molecule has 4 atom stereocenters. The van der Waals surface area contributed by atoms with Gasteiger partial charge in [0, 0.05) is 0 Å². The molecule has 1 fully saturated rings. The Hall–Kier alpha value is -0.149. The van der Waals surface area contributed by atoms with E-state index in [0.29, 0.717) is 29.2 Å². The van der Waals surface area contributed by atoms with Crippen LogP contribution in [0.25, 0.3) is 4.98 Å². The van der Waals surface area contributed by atoms with Crippen LogP contribution in [-0.2, 0) is 21.7 Å². The zero-order valence-electron chi connectivity index (χ0n) is 24.3. The Kier molecular flexibility index (Phi) is 12.0. The Labute approximate surface area is 225 Å². The van der Waals surface area contributed by atoms with Gasteiger partial charge in [-0.2, -0.15) is 0 Å². The molecule has 186 valence electrons. The second kappa shape index (κ2) is 11.3. The maximum Gasteiger partial charge on any atom is 4.00 e. The van der Waals surface area contributed by atoms with Gasteiger partial charge in [-0.1, -0.05) is 126 Å². The van der Waals surface area contributed by atoms with E-state index in [-0.39, 0.29) is 60.4 Å². The second-order valence-electron chi connectivity index (χ2n) is 13.2. The van der Waals surface area contributed by atoms with E-state index in [1.165, 1.54) is 11.1 Å². The van der Waals surface area contributed by atoms with Crippen LogP contribution in [0.2, 0.25) is 18.6 Å². The van der Waals surface area contributed by atoms with Gasteiger partial charge in [0.05, 0.1) is 0 Å². The van der Waals surface area contributed by atoms with E-state index in [9.17, 15) is 0 Å². The molecule has 0 aromatic rings. The van der Waals surface area contributed by atoms with Crippen LogP contribution in [-0.4, -0.2) is 13.8 Å². The largest absolute Gasteiger partial charge is 4.00 e. The monoisotopic (exact) mass is 503 g/mol. The van der Waals surface area contributed by atoms with Crippen LogP contribution in [0.15, 0.2) is 47.6 Å². The van der Waals surface area contributed by atoms with Gasteiger partial charge >= 0.3 is 21.7 Å². The molecule has 33 heavy (non-hydrogen) atoms. The summed E-state index contributed by atoms with van der Waals surface area (Å²) >= 11 is 0. The van der Waals surface area contributed by atoms with Crippen LogP contribution in [0.5, 0.6) is 0 Å². The standard InChI is InChI=1S/C27H44NSi.3CH3.Ti/c1-25(2,3)18-12-14-20-22(16-18)23-17-19(26(4,5)6)13-15-21(23)24(20)29(10,11)28-27(7,8)9;;;;/h12-17,20-24H,1-11H3;3*1H3;/q4*-1;+4. The third-order valence-electron chi connectivity index (χ3n) is 7.07. The molecule has 4 unspecified atom stereocenters. The molecular weight excluding hydrogens is 450 g/mol. The molecule has 3 aliphatic rings. The first kappa shape index (κ1) is 35.0. The van der Waals surface area contributed by atoms with Crippen molar-refractivity contribution >= 4 is 8.24 Å². The van der Waals surface area contributed by atoms with Gasteiger partial charge in [-0.15, -0.1) is 5.54 Å². The van der Waals surface area contributed by atoms with Gasteiger partial charge in [0.15, 0.2) is 0 Å². The van der Waals surface area contributed by atoms with Crippen LogP contribution in [0, 0.1) is 56.8 Å². The fourth-order valence-corrected chi connectivity index (χ4v) is 10.5. The van der Waals surface area contributed by atoms with E-state index in [1.54, 1.807) is 0 Å². The van der Waals surface area contributed by atoms with Crippen molar-refractivity contribution in [1.82, 2.24) is 0 Å². The van der Waals surface area contributed by atoms with E-state index in [1.807, 2.05) is 0 Å². The minimum Gasteiger partial charge on any atom is -0.660 e. The van der Waals surface area contributed by atoms with Crippen molar-refractivity contribution in [2.75, 3.05) is 0 Å². The topological polar surface area (TPSA) is 14.1 Å². The summed E-state index contributed by atoms with van der Waals surface area (Å²) in [5, 5.41) is 0. The Morgan fingerprint density at radius 2 is 0.970 bits per heavy atom. The maximum absolute atomic E-state index is 5.47. The van der Waals surface area contributed by atoms with Gasteiger partial charge in [0.25, 0.3) is 0 Å². The van der Waals surface area contributed by atoms with Crippen LogP contribution in [0.1, 0.15) is 62.3 Å². The Balaban J connectivity index is 0. The fourth-order valence-electron chi connectivity index (χ4n) is 6.03. The second-order valence-corrected chi connectivity index (χ2v) is 17.4. The number of nitrogens with zero attached hydrogens (tertiary/aromatic N) is 1. The van der Waals surface area contributed by atoms with Crippen molar-refractivity contribution in [2.24, 2.45) is 34.5 Å². The van der Waals surface area contributed by atoms with E-state index < -0.39 is 8.24 Å². The quantitative estimate of drug-likeness (QED) is 0.263. The summed E-state index contributed by atoms with van der Waals surface area (Å²) in [4.78, 5) is 5.47. The summed E-state index contributed by atoms with van der Waals surface area (Å²) in [5.41, 5.74) is 4.13. The molecule has 0 aromatic carbocycles. The molecule has 0 radical (unpaired) electrons. The molecule has 3 aliphatic carbocycles. The van der Waals surface area contributed by atoms with Crippen molar-refractivity contribution in [3.63, 3.8) is 0 Å². The third kappa shape index (κ3) is 7.42. The number of fused-ring (bicyclic) bond motifs is 3. The van der Waals surface area contributed by atoms with E-state index >= 15 is 0 Å². The number of hydrogen-bond acceptors (Lipinski definition) is 0. The van der Waals surface area contributed by atoms with Gasteiger partial charge in [-0.3, -0.25) is 0 Å². The summed E-state index contributed by atoms with van der Waals surface area (Å²) in [7, 11) is -1.79. The number of hydrogen-bond donors (Lipinski definition) is 0. The first-order chi connectivity index (χ1) is 13.0. The summed E-state index contributed by atoms with van der Waals surface area (Å²) in [5.74, 6) is 2.44. The van der Waals surface area contributed by atoms with E-state index in [0.717, 1.165) is 0 Å². The zero-order chi connectivity index (χ0) is 22.0. The van der Waals surface area contributed by atoms with Crippen LogP contribution >= 0.6 is 0 Å². The molecule has 0 spiro atoms. The van der Waals surface area contributed by atoms with Crippen molar-refractivity contribution in [1.29, 1.82) is 0 Å². The summed E-state index contributed by atoms with van der Waals surface area (Å²) in [6, 6.07) is 0. The Morgan fingerprint density at radius 1 is 0.636 bits per heavy atom. The summed E-state index contributed by atoms with van der Waals surface area (Å²) < 4.78 is 0. The van der Waals surface area contributed by atoms with Crippen molar-refractivity contribution < 1.29 is 21.7 Å². The van der Waals surface area contributed by atoms with E-state index in [4.69, 9.17) is 4.98 Å². The molecule has 0 heterocycles. The molecular formula is C30H53NSiTi. The SMILES string of the molecule is CC(C)(C)[N-][Si](C)(C)C1C2C=CC(C(C)(C)C)=CC2C2C=C(C(C)(C)C)C=CC21.[CH3-].[CH3-].[CH3-].[Ti+4]. The average Bonchev–Trinajstić information content (AvgIpc) is 2.84. The van der Waals surface area contributed by atoms with Gasteiger partial charge in [0.2, 0.25) is 0 Å². The summed E-state index contributed by atoms with van der Waals surface area (Å²) in [6.45, 7) is 25.9. The molecule has 0 bridgehead atoms. The molecule has 0 amide bonds. The molecule has 0 N–H and O–H groups in total. The van der Waals surface area contributed by atoms with Gasteiger partial charge in [0.1, 0.15) is 0 Å². The molecule has 0 aliphatic heterocycles. The predicted octanol–water partition coefficient (Wildman–Crippen LogP) is 9.65. The molecule has 0 aromatic heterocycles. The minimum atomic E-state index is -1.79. The van der Waals surface area contributed by atoms with Crippen LogP contribution < -0.4 is 0 Å². The predicted molar refractivity (Wildman–Crippen MR) is 151 cm³/mol. The normalized spacial score (nSPS) is 28.6. The zero-order valence-corrected chi connectivity index (χ0v) is 26.9. The van der Waals surface area contributed by atoms with Gasteiger partial charge < -0.3 is 27.3 Å². The van der Waals surface area contributed by atoms with Crippen LogP contribution in [0.4, 0.5) is 0 Å². The fraction of sp³-hybridized carbons (Fsp3) is 0.633. The maximum atomic E-state index is 5.47. The molecule has 3 rings (SSSR count). The van der Waals surface area contributed by atoms with Crippen molar-refractivity contribution in [2.45, 2.75) is 86.5 Å².